The molecule has 0 saturated heterocycles. The lowest BCUT2D eigenvalue weighted by Gasteiger charge is -2.32. The summed E-state index contributed by atoms with van der Waals surface area (Å²) >= 11 is 0. The van der Waals surface area contributed by atoms with Gasteiger partial charge in [0.2, 0.25) is 5.91 Å². The molecular formula is C21H27NO3. The molecule has 0 fully saturated rings. The molecule has 134 valence electrons. The van der Waals surface area contributed by atoms with E-state index in [4.69, 9.17) is 9.47 Å². The van der Waals surface area contributed by atoms with Gasteiger partial charge in [-0.3, -0.25) is 4.79 Å². The molecule has 4 heteroatoms. The molecule has 0 aromatic heterocycles. The number of amides is 1. The van der Waals surface area contributed by atoms with Crippen molar-refractivity contribution < 1.29 is 14.3 Å². The van der Waals surface area contributed by atoms with Gasteiger partial charge < -0.3 is 14.4 Å². The number of methoxy groups -OCH3 is 2. The van der Waals surface area contributed by atoms with Crippen molar-refractivity contribution in [3.05, 3.63) is 59.7 Å². The largest absolute Gasteiger partial charge is 0.493 e. The van der Waals surface area contributed by atoms with Crippen molar-refractivity contribution in [1.29, 1.82) is 0 Å². The number of rotatable bonds is 7. The van der Waals surface area contributed by atoms with E-state index in [1.165, 1.54) is 0 Å². The van der Waals surface area contributed by atoms with Gasteiger partial charge in [0.1, 0.15) is 0 Å². The summed E-state index contributed by atoms with van der Waals surface area (Å²) in [6.07, 6.45) is 0. The van der Waals surface area contributed by atoms with E-state index in [0.29, 0.717) is 24.6 Å². The van der Waals surface area contributed by atoms with Crippen LogP contribution >= 0.6 is 0 Å². The van der Waals surface area contributed by atoms with Gasteiger partial charge in [-0.2, -0.15) is 0 Å². The fourth-order valence-electron chi connectivity index (χ4n) is 2.87. The van der Waals surface area contributed by atoms with Crippen LogP contribution < -0.4 is 9.47 Å². The topological polar surface area (TPSA) is 38.8 Å². The maximum absolute atomic E-state index is 13.2. The van der Waals surface area contributed by atoms with Gasteiger partial charge in [-0.15, -0.1) is 0 Å². The van der Waals surface area contributed by atoms with Crippen LogP contribution in [-0.4, -0.2) is 31.6 Å². The Bertz CT molecular complexity index is 710. The fourth-order valence-corrected chi connectivity index (χ4v) is 2.87. The SMILES string of the molecule is CCN(Cc1ccccc1)C(=O)C(C)(C)c1ccc(OC)c(OC)c1. The maximum Gasteiger partial charge on any atom is 0.232 e. The van der Waals surface area contributed by atoms with Gasteiger partial charge in [-0.1, -0.05) is 36.4 Å². The summed E-state index contributed by atoms with van der Waals surface area (Å²) in [7, 11) is 3.21. The Morgan fingerprint density at radius 2 is 1.64 bits per heavy atom. The number of nitrogens with zero attached hydrogens (tertiary/aromatic N) is 1. The van der Waals surface area contributed by atoms with Crippen LogP contribution in [0, 0.1) is 0 Å². The number of hydrogen-bond donors (Lipinski definition) is 0. The van der Waals surface area contributed by atoms with Crippen molar-refractivity contribution in [3.8, 4) is 11.5 Å². The fraction of sp³-hybridized carbons (Fsp3) is 0.381. The van der Waals surface area contributed by atoms with Crippen LogP contribution in [0.3, 0.4) is 0 Å². The summed E-state index contributed by atoms with van der Waals surface area (Å²) in [6.45, 7) is 7.16. The number of hydrogen-bond acceptors (Lipinski definition) is 3. The third kappa shape index (κ3) is 4.13. The molecule has 0 aliphatic heterocycles. The summed E-state index contributed by atoms with van der Waals surface area (Å²) < 4.78 is 10.7. The third-order valence-corrected chi connectivity index (χ3v) is 4.53. The van der Waals surface area contributed by atoms with Crippen LogP contribution in [0.5, 0.6) is 11.5 Å². The summed E-state index contributed by atoms with van der Waals surface area (Å²) in [4.78, 5) is 15.1. The average Bonchev–Trinajstić information content (AvgIpc) is 2.65. The molecule has 0 N–H and O–H groups in total. The molecular weight excluding hydrogens is 314 g/mol. The lowest BCUT2D eigenvalue weighted by atomic mass is 9.82. The van der Waals surface area contributed by atoms with Gasteiger partial charge in [0.05, 0.1) is 19.6 Å². The van der Waals surface area contributed by atoms with Crippen LogP contribution in [0.1, 0.15) is 31.9 Å². The molecule has 2 rings (SSSR count). The van der Waals surface area contributed by atoms with Gasteiger partial charge >= 0.3 is 0 Å². The number of benzene rings is 2. The van der Waals surface area contributed by atoms with Gasteiger partial charge in [0.15, 0.2) is 11.5 Å². The molecule has 0 saturated carbocycles. The maximum atomic E-state index is 13.2. The zero-order chi connectivity index (χ0) is 18.4. The molecule has 0 aliphatic carbocycles. The van der Waals surface area contributed by atoms with Crippen LogP contribution in [0.25, 0.3) is 0 Å². The van der Waals surface area contributed by atoms with E-state index in [2.05, 4.69) is 0 Å². The lowest BCUT2D eigenvalue weighted by Crippen LogP contribution is -2.43. The normalized spacial score (nSPS) is 11.1. The van der Waals surface area contributed by atoms with E-state index in [-0.39, 0.29) is 5.91 Å². The first-order valence-electron chi connectivity index (χ1n) is 8.49. The molecule has 25 heavy (non-hydrogen) atoms. The minimum Gasteiger partial charge on any atom is -0.493 e. The number of carbonyl (C=O) groups is 1. The van der Waals surface area contributed by atoms with Crippen molar-refractivity contribution in [2.75, 3.05) is 20.8 Å². The highest BCUT2D eigenvalue weighted by Gasteiger charge is 2.34. The Morgan fingerprint density at radius 3 is 2.20 bits per heavy atom. The first-order chi connectivity index (χ1) is 11.9. The summed E-state index contributed by atoms with van der Waals surface area (Å²) in [5, 5.41) is 0. The minimum atomic E-state index is -0.662. The summed E-state index contributed by atoms with van der Waals surface area (Å²) in [5.41, 5.74) is 1.37. The summed E-state index contributed by atoms with van der Waals surface area (Å²) in [5.74, 6) is 1.38. The lowest BCUT2D eigenvalue weighted by molar-refractivity contribution is -0.136. The Kier molecular flexibility index (Phi) is 6.07. The van der Waals surface area contributed by atoms with Crippen LogP contribution in [0.4, 0.5) is 0 Å². The Hall–Kier alpha value is -2.49. The van der Waals surface area contributed by atoms with Crippen molar-refractivity contribution in [2.24, 2.45) is 0 Å². The molecule has 0 atom stereocenters. The molecule has 0 spiro atoms. The van der Waals surface area contributed by atoms with E-state index in [0.717, 1.165) is 11.1 Å². The van der Waals surface area contributed by atoms with Gasteiger partial charge in [-0.05, 0) is 44.0 Å². The Labute approximate surface area is 150 Å². The quantitative estimate of drug-likeness (QED) is 0.763. The third-order valence-electron chi connectivity index (χ3n) is 4.53. The predicted octanol–water partition coefficient (Wildman–Crippen LogP) is 4.03. The van der Waals surface area contributed by atoms with Crippen molar-refractivity contribution in [2.45, 2.75) is 32.7 Å². The van der Waals surface area contributed by atoms with Crippen LogP contribution in [0.2, 0.25) is 0 Å². The molecule has 2 aromatic carbocycles. The Morgan fingerprint density at radius 1 is 1.00 bits per heavy atom. The molecule has 0 unspecified atom stereocenters. The molecule has 1 amide bonds. The smallest absolute Gasteiger partial charge is 0.232 e. The van der Waals surface area contributed by atoms with E-state index < -0.39 is 5.41 Å². The molecule has 0 bridgehead atoms. The van der Waals surface area contributed by atoms with Crippen molar-refractivity contribution in [1.82, 2.24) is 4.90 Å². The van der Waals surface area contributed by atoms with E-state index in [1.807, 2.05) is 74.2 Å². The average molecular weight is 341 g/mol. The zero-order valence-corrected chi connectivity index (χ0v) is 15.7. The second-order valence-corrected chi connectivity index (χ2v) is 6.50. The Balaban J connectivity index is 2.28. The second kappa shape index (κ2) is 8.06. The van der Waals surface area contributed by atoms with Gasteiger partial charge in [0, 0.05) is 13.1 Å². The molecule has 0 heterocycles. The second-order valence-electron chi connectivity index (χ2n) is 6.50. The van der Waals surface area contributed by atoms with Crippen LogP contribution in [-0.2, 0) is 16.8 Å². The highest BCUT2D eigenvalue weighted by atomic mass is 16.5. The van der Waals surface area contributed by atoms with Crippen LogP contribution in [0.15, 0.2) is 48.5 Å². The highest BCUT2D eigenvalue weighted by Crippen LogP contribution is 2.34. The predicted molar refractivity (Wildman–Crippen MR) is 100 cm³/mol. The van der Waals surface area contributed by atoms with E-state index in [9.17, 15) is 4.79 Å². The molecule has 4 nitrogen and oxygen atoms in total. The van der Waals surface area contributed by atoms with Gasteiger partial charge in [-0.25, -0.2) is 0 Å². The van der Waals surface area contributed by atoms with Crippen molar-refractivity contribution in [3.63, 3.8) is 0 Å². The van der Waals surface area contributed by atoms with E-state index >= 15 is 0 Å². The number of likely N-dealkylation sites (N-methyl/N-ethyl adjacent to an activating group) is 1. The zero-order valence-electron chi connectivity index (χ0n) is 15.7. The molecule has 2 aromatic rings. The monoisotopic (exact) mass is 341 g/mol. The first-order valence-corrected chi connectivity index (χ1v) is 8.49. The summed E-state index contributed by atoms with van der Waals surface area (Å²) in [6, 6.07) is 15.7. The highest BCUT2D eigenvalue weighted by molar-refractivity contribution is 5.87. The van der Waals surface area contributed by atoms with Gasteiger partial charge in [0.25, 0.3) is 0 Å². The minimum absolute atomic E-state index is 0.0890. The van der Waals surface area contributed by atoms with Crippen molar-refractivity contribution >= 4 is 5.91 Å². The number of ether oxygens (including phenoxy) is 2. The molecule has 0 aliphatic rings. The standard InChI is InChI=1S/C21H27NO3/c1-6-22(15-16-10-8-7-9-11-16)20(23)21(2,3)17-12-13-18(24-4)19(14-17)25-5/h7-14H,6,15H2,1-5H3. The number of carbonyl (C=O) groups excluding carboxylic acids is 1. The first kappa shape index (κ1) is 18.8. The van der Waals surface area contributed by atoms with E-state index in [1.54, 1.807) is 14.2 Å². The molecule has 0 radical (unpaired) electrons.